The monoisotopic (exact) mass is 311 g/mol. The third kappa shape index (κ3) is 15.1. The van der Waals surface area contributed by atoms with Crippen molar-refractivity contribution in [2.75, 3.05) is 13.2 Å². The van der Waals surface area contributed by atoms with E-state index in [-0.39, 0.29) is 18.4 Å². The van der Waals surface area contributed by atoms with E-state index in [2.05, 4.69) is 24.4 Å². The van der Waals surface area contributed by atoms with Gasteiger partial charge in [0.25, 0.3) is 0 Å². The van der Waals surface area contributed by atoms with Crippen molar-refractivity contribution >= 4 is 11.9 Å². The second-order valence-corrected chi connectivity index (χ2v) is 5.50. The highest BCUT2D eigenvalue weighted by molar-refractivity contribution is 5.81. The first kappa shape index (κ1) is 20.7. The Kier molecular flexibility index (Phi) is 15.1. The molecule has 0 atom stereocenters. The van der Waals surface area contributed by atoms with Crippen LogP contribution in [0.2, 0.25) is 0 Å². The topological polar surface area (TPSA) is 55.4 Å². The number of esters is 1. The van der Waals surface area contributed by atoms with E-state index in [0.717, 1.165) is 12.8 Å². The molecule has 0 rings (SSSR count). The number of hydrogen-bond acceptors (Lipinski definition) is 3. The lowest BCUT2D eigenvalue weighted by Crippen LogP contribution is -2.30. The van der Waals surface area contributed by atoms with E-state index in [9.17, 15) is 9.59 Å². The normalized spacial score (nSPS) is 10.8. The molecule has 0 bridgehead atoms. The molecule has 4 heteroatoms. The highest BCUT2D eigenvalue weighted by Crippen LogP contribution is 2.08. The number of unbranched alkanes of at least 4 members (excludes halogenated alkanes) is 7. The van der Waals surface area contributed by atoms with Gasteiger partial charge in [-0.2, -0.15) is 0 Å². The van der Waals surface area contributed by atoms with Crippen molar-refractivity contribution in [2.24, 2.45) is 0 Å². The Morgan fingerprint density at radius 3 is 2.23 bits per heavy atom. The molecule has 1 amide bonds. The van der Waals surface area contributed by atoms with Crippen LogP contribution < -0.4 is 5.32 Å². The molecule has 0 aliphatic rings. The number of nitrogens with one attached hydrogen (secondary N) is 1. The van der Waals surface area contributed by atoms with E-state index in [1.165, 1.54) is 44.9 Å². The molecule has 0 spiro atoms. The Hall–Kier alpha value is -1.32. The van der Waals surface area contributed by atoms with E-state index in [1.807, 2.05) is 0 Å². The number of hydrogen-bond donors (Lipinski definition) is 1. The molecule has 128 valence electrons. The van der Waals surface area contributed by atoms with Gasteiger partial charge in [0, 0.05) is 6.42 Å². The molecule has 4 nitrogen and oxygen atoms in total. The van der Waals surface area contributed by atoms with Gasteiger partial charge in [-0.1, -0.05) is 51.2 Å². The van der Waals surface area contributed by atoms with Crippen molar-refractivity contribution in [3.05, 3.63) is 12.2 Å². The summed E-state index contributed by atoms with van der Waals surface area (Å²) in [7, 11) is 0. The second-order valence-electron chi connectivity index (χ2n) is 5.50. The first-order chi connectivity index (χ1) is 10.7. The lowest BCUT2D eigenvalue weighted by molar-refractivity contribution is -0.143. The molecule has 0 aliphatic carbocycles. The van der Waals surface area contributed by atoms with Crippen LogP contribution in [0.25, 0.3) is 0 Å². The molecule has 0 saturated carbocycles. The lowest BCUT2D eigenvalue weighted by Gasteiger charge is -2.05. The molecule has 1 N–H and O–H groups in total. The zero-order valence-electron chi connectivity index (χ0n) is 14.4. The van der Waals surface area contributed by atoms with Crippen molar-refractivity contribution in [3.8, 4) is 0 Å². The van der Waals surface area contributed by atoms with Gasteiger partial charge in [-0.05, 0) is 32.6 Å². The number of rotatable bonds is 14. The molecule has 0 radical (unpaired) electrons. The van der Waals surface area contributed by atoms with E-state index >= 15 is 0 Å². The number of carbonyl (C=O) groups excluding carboxylic acids is 2. The van der Waals surface area contributed by atoms with Crippen LogP contribution in [-0.2, 0) is 14.3 Å². The quantitative estimate of drug-likeness (QED) is 0.298. The molecule has 0 unspecified atom stereocenters. The number of allylic oxidation sites excluding steroid dienone is 2. The van der Waals surface area contributed by atoms with Crippen LogP contribution in [0.5, 0.6) is 0 Å². The zero-order valence-corrected chi connectivity index (χ0v) is 14.4. The predicted molar refractivity (Wildman–Crippen MR) is 90.6 cm³/mol. The van der Waals surface area contributed by atoms with Crippen LogP contribution in [0.15, 0.2) is 12.2 Å². The van der Waals surface area contributed by atoms with Crippen LogP contribution in [0.3, 0.4) is 0 Å². The van der Waals surface area contributed by atoms with Crippen molar-refractivity contribution in [1.29, 1.82) is 0 Å². The summed E-state index contributed by atoms with van der Waals surface area (Å²) in [5.41, 5.74) is 0. The van der Waals surface area contributed by atoms with Crippen LogP contribution >= 0.6 is 0 Å². The number of amides is 1. The van der Waals surface area contributed by atoms with E-state index in [1.54, 1.807) is 6.92 Å². The SMILES string of the molecule is CCCC/C=C\CCCCCCCC(=O)NCC(=O)OCC. The fourth-order valence-electron chi connectivity index (χ4n) is 2.11. The Morgan fingerprint density at radius 2 is 1.55 bits per heavy atom. The molecule has 0 aromatic rings. The van der Waals surface area contributed by atoms with Crippen LogP contribution in [-0.4, -0.2) is 25.0 Å². The predicted octanol–water partition coefficient (Wildman–Crippen LogP) is 4.14. The molecule has 0 fully saturated rings. The van der Waals surface area contributed by atoms with Gasteiger partial charge in [0.15, 0.2) is 0 Å². The average Bonchev–Trinajstić information content (AvgIpc) is 2.51. The maximum atomic E-state index is 11.5. The summed E-state index contributed by atoms with van der Waals surface area (Å²) in [6.07, 6.45) is 15.6. The minimum absolute atomic E-state index is 0.0168. The standard InChI is InChI=1S/C18H33NO3/c1-3-5-6-7-8-9-10-11-12-13-14-15-17(20)19-16-18(21)22-4-2/h7-8H,3-6,9-16H2,1-2H3,(H,19,20)/b8-7-. The minimum Gasteiger partial charge on any atom is -0.465 e. The highest BCUT2D eigenvalue weighted by atomic mass is 16.5. The fraction of sp³-hybridized carbons (Fsp3) is 0.778. The summed E-state index contributed by atoms with van der Waals surface area (Å²) >= 11 is 0. The van der Waals surface area contributed by atoms with Gasteiger partial charge >= 0.3 is 5.97 Å². The van der Waals surface area contributed by atoms with Gasteiger partial charge in [-0.15, -0.1) is 0 Å². The summed E-state index contributed by atoms with van der Waals surface area (Å²) in [5, 5.41) is 2.58. The van der Waals surface area contributed by atoms with Gasteiger partial charge in [-0.25, -0.2) is 0 Å². The third-order valence-corrected chi connectivity index (χ3v) is 3.40. The molecule has 0 heterocycles. The summed E-state index contributed by atoms with van der Waals surface area (Å²) in [5.74, 6) is -0.435. The summed E-state index contributed by atoms with van der Waals surface area (Å²) in [6, 6.07) is 0. The summed E-state index contributed by atoms with van der Waals surface area (Å²) in [4.78, 5) is 22.5. The van der Waals surface area contributed by atoms with E-state index < -0.39 is 0 Å². The van der Waals surface area contributed by atoms with Crippen molar-refractivity contribution < 1.29 is 14.3 Å². The van der Waals surface area contributed by atoms with E-state index in [4.69, 9.17) is 4.74 Å². The Labute approximate surface area is 135 Å². The smallest absolute Gasteiger partial charge is 0.325 e. The van der Waals surface area contributed by atoms with Gasteiger partial charge in [0.2, 0.25) is 5.91 Å². The average molecular weight is 311 g/mol. The summed E-state index contributed by atoms with van der Waals surface area (Å²) in [6.45, 7) is 4.30. The fourth-order valence-corrected chi connectivity index (χ4v) is 2.11. The first-order valence-corrected chi connectivity index (χ1v) is 8.78. The molecule has 0 aromatic carbocycles. The Bertz CT molecular complexity index is 313. The van der Waals surface area contributed by atoms with Gasteiger partial charge < -0.3 is 10.1 Å². The lowest BCUT2D eigenvalue weighted by atomic mass is 10.1. The zero-order chi connectivity index (χ0) is 16.5. The van der Waals surface area contributed by atoms with Crippen LogP contribution in [0.1, 0.15) is 78.1 Å². The summed E-state index contributed by atoms with van der Waals surface area (Å²) < 4.78 is 4.74. The largest absolute Gasteiger partial charge is 0.465 e. The minimum atomic E-state index is -0.372. The second kappa shape index (κ2) is 16.1. The van der Waals surface area contributed by atoms with Crippen molar-refractivity contribution in [2.45, 2.75) is 78.1 Å². The van der Waals surface area contributed by atoms with Crippen LogP contribution in [0.4, 0.5) is 0 Å². The van der Waals surface area contributed by atoms with E-state index in [0.29, 0.717) is 13.0 Å². The molecular formula is C18H33NO3. The van der Waals surface area contributed by atoms with Gasteiger partial charge in [0.05, 0.1) is 6.61 Å². The third-order valence-electron chi connectivity index (χ3n) is 3.40. The number of ether oxygens (including phenoxy) is 1. The number of carbonyl (C=O) groups is 2. The molecule has 0 saturated heterocycles. The molecule has 0 aliphatic heterocycles. The maximum Gasteiger partial charge on any atom is 0.325 e. The maximum absolute atomic E-state index is 11.5. The highest BCUT2D eigenvalue weighted by Gasteiger charge is 2.05. The Morgan fingerprint density at radius 1 is 0.909 bits per heavy atom. The Balaban J connectivity index is 3.30. The van der Waals surface area contributed by atoms with Gasteiger partial charge in [-0.3, -0.25) is 9.59 Å². The molecular weight excluding hydrogens is 278 g/mol. The van der Waals surface area contributed by atoms with Crippen molar-refractivity contribution in [1.82, 2.24) is 5.32 Å². The molecule has 0 aromatic heterocycles. The first-order valence-electron chi connectivity index (χ1n) is 8.78. The van der Waals surface area contributed by atoms with Crippen molar-refractivity contribution in [3.63, 3.8) is 0 Å². The van der Waals surface area contributed by atoms with Crippen LogP contribution in [0, 0.1) is 0 Å². The molecule has 22 heavy (non-hydrogen) atoms. The van der Waals surface area contributed by atoms with Gasteiger partial charge in [0.1, 0.15) is 6.54 Å².